The van der Waals surface area contributed by atoms with Crippen molar-refractivity contribution in [2.75, 3.05) is 25.0 Å². The molecule has 0 radical (unpaired) electrons. The van der Waals surface area contributed by atoms with Gasteiger partial charge in [0.1, 0.15) is 0 Å². The van der Waals surface area contributed by atoms with Crippen molar-refractivity contribution in [2.45, 2.75) is 19.8 Å². The smallest absolute Gasteiger partial charge is 0.222 e. The van der Waals surface area contributed by atoms with Gasteiger partial charge in [0.2, 0.25) is 5.95 Å². The molecule has 0 amide bonds. The third kappa shape index (κ3) is 3.15. The average Bonchev–Trinajstić information content (AvgIpc) is 2.29. The van der Waals surface area contributed by atoms with Crippen LogP contribution in [0.25, 0.3) is 0 Å². The molecule has 1 aromatic rings. The normalized spacial score (nSPS) is 25.4. The molecule has 1 saturated heterocycles. The molecule has 1 aliphatic heterocycles. The topological polar surface area (TPSA) is 49.8 Å². The first-order valence-electron chi connectivity index (χ1n) is 5.60. The van der Waals surface area contributed by atoms with Gasteiger partial charge in [0.25, 0.3) is 0 Å². The Labute approximate surface area is 104 Å². The van der Waals surface area contributed by atoms with Crippen molar-refractivity contribution in [1.82, 2.24) is 15.3 Å². The fraction of sp³-hybridized carbons (Fsp3) is 0.636. The SMILES string of the molecule is CC1(CNc2ncc(Br)cn2)CCCNC1. The van der Waals surface area contributed by atoms with Crippen LogP contribution in [0, 0.1) is 5.41 Å². The Bertz CT molecular complexity index is 332. The monoisotopic (exact) mass is 284 g/mol. The molecule has 1 aromatic heterocycles. The minimum atomic E-state index is 0.314. The van der Waals surface area contributed by atoms with Gasteiger partial charge in [-0.1, -0.05) is 6.92 Å². The largest absolute Gasteiger partial charge is 0.354 e. The zero-order valence-corrected chi connectivity index (χ0v) is 11.0. The van der Waals surface area contributed by atoms with Crippen molar-refractivity contribution in [3.63, 3.8) is 0 Å². The minimum Gasteiger partial charge on any atom is -0.354 e. The molecule has 16 heavy (non-hydrogen) atoms. The van der Waals surface area contributed by atoms with Crippen molar-refractivity contribution in [2.24, 2.45) is 5.41 Å². The third-order valence-electron chi connectivity index (χ3n) is 2.98. The van der Waals surface area contributed by atoms with Gasteiger partial charge in [0.15, 0.2) is 0 Å². The molecular formula is C11H17BrN4. The maximum Gasteiger partial charge on any atom is 0.222 e. The maximum atomic E-state index is 4.20. The fourth-order valence-corrected chi connectivity index (χ4v) is 2.17. The molecule has 2 N–H and O–H groups in total. The quantitative estimate of drug-likeness (QED) is 0.892. The summed E-state index contributed by atoms with van der Waals surface area (Å²) in [6, 6.07) is 0. The van der Waals surface area contributed by atoms with Gasteiger partial charge in [-0.2, -0.15) is 0 Å². The van der Waals surface area contributed by atoms with Crippen LogP contribution < -0.4 is 10.6 Å². The Morgan fingerprint density at radius 1 is 1.50 bits per heavy atom. The third-order valence-corrected chi connectivity index (χ3v) is 3.39. The first-order valence-corrected chi connectivity index (χ1v) is 6.39. The number of anilines is 1. The second kappa shape index (κ2) is 5.10. The summed E-state index contributed by atoms with van der Waals surface area (Å²) in [7, 11) is 0. The molecule has 1 fully saturated rings. The number of nitrogens with zero attached hydrogens (tertiary/aromatic N) is 2. The van der Waals surface area contributed by atoms with Crippen LogP contribution in [-0.2, 0) is 0 Å². The number of rotatable bonds is 3. The van der Waals surface area contributed by atoms with Gasteiger partial charge in [-0.3, -0.25) is 0 Å². The predicted octanol–water partition coefficient (Wildman–Crippen LogP) is 2.04. The molecule has 2 heterocycles. The first-order chi connectivity index (χ1) is 7.68. The van der Waals surface area contributed by atoms with Gasteiger partial charge in [0, 0.05) is 25.5 Å². The van der Waals surface area contributed by atoms with Crippen LogP contribution in [0.4, 0.5) is 5.95 Å². The lowest BCUT2D eigenvalue weighted by Gasteiger charge is -2.34. The molecule has 0 spiro atoms. The van der Waals surface area contributed by atoms with E-state index in [1.807, 2.05) is 0 Å². The lowest BCUT2D eigenvalue weighted by Crippen LogP contribution is -2.42. The molecule has 0 bridgehead atoms. The maximum absolute atomic E-state index is 4.20. The summed E-state index contributed by atoms with van der Waals surface area (Å²) in [5.41, 5.74) is 0.314. The van der Waals surface area contributed by atoms with E-state index in [1.165, 1.54) is 12.8 Å². The van der Waals surface area contributed by atoms with Crippen LogP contribution in [0.15, 0.2) is 16.9 Å². The number of nitrogens with one attached hydrogen (secondary N) is 2. The van der Waals surface area contributed by atoms with Crippen LogP contribution in [0.2, 0.25) is 0 Å². The lowest BCUT2D eigenvalue weighted by molar-refractivity contribution is 0.253. The molecular weight excluding hydrogens is 268 g/mol. The molecule has 1 unspecified atom stereocenters. The Morgan fingerprint density at radius 3 is 2.88 bits per heavy atom. The highest BCUT2D eigenvalue weighted by atomic mass is 79.9. The summed E-state index contributed by atoms with van der Waals surface area (Å²) in [4.78, 5) is 8.41. The summed E-state index contributed by atoms with van der Waals surface area (Å²) in [6.07, 6.45) is 6.02. The summed E-state index contributed by atoms with van der Waals surface area (Å²) in [5.74, 6) is 0.704. The van der Waals surface area contributed by atoms with E-state index < -0.39 is 0 Å². The molecule has 1 aliphatic rings. The summed E-state index contributed by atoms with van der Waals surface area (Å²) >= 11 is 3.32. The van der Waals surface area contributed by atoms with E-state index in [1.54, 1.807) is 12.4 Å². The van der Waals surface area contributed by atoms with Gasteiger partial charge >= 0.3 is 0 Å². The van der Waals surface area contributed by atoms with E-state index in [9.17, 15) is 0 Å². The van der Waals surface area contributed by atoms with Gasteiger partial charge in [0.05, 0.1) is 4.47 Å². The molecule has 0 aliphatic carbocycles. The van der Waals surface area contributed by atoms with Crippen LogP contribution in [0.5, 0.6) is 0 Å². The van der Waals surface area contributed by atoms with E-state index in [0.29, 0.717) is 11.4 Å². The number of piperidine rings is 1. The van der Waals surface area contributed by atoms with Gasteiger partial charge < -0.3 is 10.6 Å². The summed E-state index contributed by atoms with van der Waals surface area (Å²) < 4.78 is 0.906. The van der Waals surface area contributed by atoms with Gasteiger partial charge in [-0.05, 0) is 40.7 Å². The molecule has 5 heteroatoms. The Hall–Kier alpha value is -0.680. The molecule has 4 nitrogen and oxygen atoms in total. The highest BCUT2D eigenvalue weighted by Crippen LogP contribution is 2.25. The van der Waals surface area contributed by atoms with Crippen molar-refractivity contribution < 1.29 is 0 Å². The lowest BCUT2D eigenvalue weighted by atomic mass is 9.83. The van der Waals surface area contributed by atoms with Gasteiger partial charge in [-0.25, -0.2) is 9.97 Å². The zero-order valence-electron chi connectivity index (χ0n) is 9.46. The van der Waals surface area contributed by atoms with Gasteiger partial charge in [-0.15, -0.1) is 0 Å². The molecule has 2 rings (SSSR count). The van der Waals surface area contributed by atoms with Crippen molar-refractivity contribution in [3.8, 4) is 0 Å². The van der Waals surface area contributed by atoms with Crippen LogP contribution in [0.1, 0.15) is 19.8 Å². The summed E-state index contributed by atoms with van der Waals surface area (Å²) in [5, 5.41) is 6.73. The average molecular weight is 285 g/mol. The minimum absolute atomic E-state index is 0.314. The van der Waals surface area contributed by atoms with Crippen molar-refractivity contribution in [3.05, 3.63) is 16.9 Å². The number of hydrogen-bond acceptors (Lipinski definition) is 4. The first kappa shape index (κ1) is 11.8. The van der Waals surface area contributed by atoms with E-state index in [-0.39, 0.29) is 0 Å². The van der Waals surface area contributed by atoms with E-state index in [4.69, 9.17) is 0 Å². The van der Waals surface area contributed by atoms with E-state index >= 15 is 0 Å². The Kier molecular flexibility index (Phi) is 3.76. The van der Waals surface area contributed by atoms with Crippen molar-refractivity contribution >= 4 is 21.9 Å². The molecule has 0 saturated carbocycles. The zero-order chi connectivity index (χ0) is 11.4. The molecule has 0 aromatic carbocycles. The second-order valence-electron chi connectivity index (χ2n) is 4.67. The Morgan fingerprint density at radius 2 is 2.25 bits per heavy atom. The standard InChI is InChI=1S/C11H17BrN4/c1-11(3-2-4-13-7-11)8-16-10-14-5-9(12)6-15-10/h5-6,13H,2-4,7-8H2,1H3,(H,14,15,16). The molecule has 1 atom stereocenters. The summed E-state index contributed by atoms with van der Waals surface area (Å²) in [6.45, 7) is 5.42. The Balaban J connectivity index is 1.88. The highest BCUT2D eigenvalue weighted by molar-refractivity contribution is 9.10. The van der Waals surface area contributed by atoms with Crippen LogP contribution in [-0.4, -0.2) is 29.6 Å². The van der Waals surface area contributed by atoms with Crippen LogP contribution in [0.3, 0.4) is 0 Å². The predicted molar refractivity (Wildman–Crippen MR) is 68.4 cm³/mol. The highest BCUT2D eigenvalue weighted by Gasteiger charge is 2.26. The number of aromatic nitrogens is 2. The van der Waals surface area contributed by atoms with Crippen molar-refractivity contribution in [1.29, 1.82) is 0 Å². The molecule has 88 valence electrons. The van der Waals surface area contributed by atoms with Crippen LogP contribution >= 0.6 is 15.9 Å². The number of halogens is 1. The van der Waals surface area contributed by atoms with E-state index in [0.717, 1.165) is 24.1 Å². The fourth-order valence-electron chi connectivity index (χ4n) is 1.97. The van der Waals surface area contributed by atoms with E-state index in [2.05, 4.69) is 43.5 Å². The second-order valence-corrected chi connectivity index (χ2v) is 5.59. The number of hydrogen-bond donors (Lipinski definition) is 2.